The van der Waals surface area contributed by atoms with E-state index in [0.29, 0.717) is 24.8 Å². The van der Waals surface area contributed by atoms with Gasteiger partial charge in [0.2, 0.25) is 5.78 Å². The number of carboxylic acid groups (broad SMARTS) is 1. The largest absolute Gasteiger partial charge is 0.481 e. The zero-order chi connectivity index (χ0) is 36.3. The van der Waals surface area contributed by atoms with Crippen LogP contribution in [0.4, 0.5) is 0 Å². The van der Waals surface area contributed by atoms with E-state index in [1.807, 2.05) is 61.5 Å². The molecule has 10 atom stereocenters. The van der Waals surface area contributed by atoms with Crippen molar-refractivity contribution >= 4 is 23.5 Å². The van der Waals surface area contributed by atoms with Crippen LogP contribution < -0.4 is 5.73 Å². The van der Waals surface area contributed by atoms with E-state index in [0.717, 1.165) is 28.7 Å². The fraction of sp³-hybridized carbons (Fsp3) is 0.500. The summed E-state index contributed by atoms with van der Waals surface area (Å²) in [7, 11) is 0. The number of aliphatic carboxylic acids is 1. The van der Waals surface area contributed by atoms with Gasteiger partial charge in [-0.25, -0.2) is 0 Å². The standard InChI is InChI=1S/C40H45NO10/c1-38-13-12-27(43)16-26(38)10-11-28-29-17-33-40(39(29,2)19-31(44)35(28)38,32(45)21-49-36(48)30(41)18-34(46)47)51-37(50-33)25-5-3-4-24(15-25)14-22-6-8-23(20-42)9-7-22/h3-9,12-13,15-16,28-31,33,35,37,42,44H,10-11,14,17-21,41H2,1-2H3,(H,46,47)/t28-,29-,30-,31-,33+,35+,37+,38-,39-,40+/m0/s1. The summed E-state index contributed by atoms with van der Waals surface area (Å²) in [5, 5.41) is 30.6. The van der Waals surface area contributed by atoms with Crippen LogP contribution in [0.5, 0.6) is 0 Å². The van der Waals surface area contributed by atoms with Crippen molar-refractivity contribution in [2.75, 3.05) is 6.61 Å². The van der Waals surface area contributed by atoms with E-state index >= 15 is 0 Å². The maximum atomic E-state index is 14.6. The molecule has 11 heteroatoms. The summed E-state index contributed by atoms with van der Waals surface area (Å²) < 4.78 is 18.9. The van der Waals surface area contributed by atoms with Crippen LogP contribution in [0, 0.1) is 28.6 Å². The number of hydrogen-bond acceptors (Lipinski definition) is 10. The van der Waals surface area contributed by atoms with Crippen LogP contribution in [0.1, 0.15) is 74.5 Å². The zero-order valence-corrected chi connectivity index (χ0v) is 28.8. The Morgan fingerprint density at radius 1 is 1.08 bits per heavy atom. The first-order valence-corrected chi connectivity index (χ1v) is 17.7. The number of fused-ring (bicyclic) bond motifs is 7. The number of Topliss-reactive ketones (excluding diaryl/α,β-unsaturated/α-hetero) is 1. The molecule has 4 aliphatic carbocycles. The van der Waals surface area contributed by atoms with Gasteiger partial charge in [-0.15, -0.1) is 0 Å². The molecule has 4 fully saturated rings. The number of benzene rings is 2. The maximum absolute atomic E-state index is 14.6. The second kappa shape index (κ2) is 13.2. The minimum Gasteiger partial charge on any atom is -0.481 e. The predicted octanol–water partition coefficient (Wildman–Crippen LogP) is 3.73. The summed E-state index contributed by atoms with van der Waals surface area (Å²) in [5.74, 6) is -3.13. The summed E-state index contributed by atoms with van der Waals surface area (Å²) in [4.78, 5) is 50.7. The molecule has 51 heavy (non-hydrogen) atoms. The third-order valence-corrected chi connectivity index (χ3v) is 12.5. The van der Waals surface area contributed by atoms with E-state index in [2.05, 4.69) is 6.92 Å². The van der Waals surface area contributed by atoms with E-state index in [1.165, 1.54) is 0 Å². The quantitative estimate of drug-likeness (QED) is 0.265. The van der Waals surface area contributed by atoms with E-state index in [1.54, 1.807) is 12.2 Å². The van der Waals surface area contributed by atoms with Gasteiger partial charge in [0.25, 0.3) is 0 Å². The number of ether oxygens (including phenoxy) is 3. The third-order valence-electron chi connectivity index (χ3n) is 12.5. The monoisotopic (exact) mass is 699 g/mol. The molecule has 0 unspecified atom stereocenters. The Hall–Kier alpha value is -4.00. The normalized spacial score (nSPS) is 35.5. The topological polar surface area (TPSA) is 183 Å². The van der Waals surface area contributed by atoms with Gasteiger partial charge in [-0.1, -0.05) is 74.0 Å². The van der Waals surface area contributed by atoms with Gasteiger partial charge in [-0.05, 0) is 72.8 Å². The molecule has 270 valence electrons. The number of carbonyl (C=O) groups excluding carboxylic acids is 3. The lowest BCUT2D eigenvalue weighted by Gasteiger charge is -2.59. The van der Waals surface area contributed by atoms with E-state index in [-0.39, 0.29) is 36.6 Å². The Kier molecular flexibility index (Phi) is 9.16. The Balaban J connectivity index is 1.20. The van der Waals surface area contributed by atoms with Gasteiger partial charge in [0, 0.05) is 22.3 Å². The second-order valence-electron chi connectivity index (χ2n) is 15.4. The van der Waals surface area contributed by atoms with Crippen molar-refractivity contribution in [1.29, 1.82) is 0 Å². The molecule has 1 aliphatic heterocycles. The number of nitrogens with two attached hydrogens (primary N) is 1. The van der Waals surface area contributed by atoms with Gasteiger partial charge in [0.1, 0.15) is 6.04 Å². The molecule has 0 spiro atoms. The number of ketones is 2. The van der Waals surface area contributed by atoms with E-state index in [4.69, 9.17) is 25.1 Å². The highest BCUT2D eigenvalue weighted by molar-refractivity contribution is 6.01. The summed E-state index contributed by atoms with van der Waals surface area (Å²) in [6, 6.07) is 14.0. The van der Waals surface area contributed by atoms with Crippen LogP contribution in [0.25, 0.3) is 0 Å². The number of hydrogen-bond donors (Lipinski definition) is 4. The summed E-state index contributed by atoms with van der Waals surface area (Å²) in [6.45, 7) is 3.33. The number of allylic oxidation sites excluding steroid dienone is 4. The first-order valence-electron chi connectivity index (χ1n) is 17.7. The molecule has 5 aliphatic rings. The van der Waals surface area contributed by atoms with Gasteiger partial charge in [0.05, 0.1) is 25.2 Å². The van der Waals surface area contributed by atoms with Crippen molar-refractivity contribution in [3.63, 3.8) is 0 Å². The Bertz CT molecular complexity index is 1800. The molecule has 2 aromatic rings. The summed E-state index contributed by atoms with van der Waals surface area (Å²) >= 11 is 0. The van der Waals surface area contributed by atoms with E-state index < -0.39 is 71.7 Å². The van der Waals surface area contributed by atoms with Crippen molar-refractivity contribution in [3.8, 4) is 0 Å². The predicted molar refractivity (Wildman–Crippen MR) is 183 cm³/mol. The molecular formula is C40H45NO10. The average Bonchev–Trinajstić information content (AvgIpc) is 3.60. The number of aliphatic hydroxyl groups is 2. The van der Waals surface area contributed by atoms with Gasteiger partial charge in [-0.3, -0.25) is 19.2 Å². The van der Waals surface area contributed by atoms with Gasteiger partial charge in [-0.2, -0.15) is 0 Å². The number of carboxylic acids is 1. The fourth-order valence-electron chi connectivity index (χ4n) is 10.2. The lowest BCUT2D eigenvalue weighted by molar-refractivity contribution is -0.202. The maximum Gasteiger partial charge on any atom is 0.323 e. The SMILES string of the molecule is C[C@]12C=CC(=O)C=C1CC[C@@H]1[C@@H]2[C@@H](O)C[C@@]2(C)[C@H]1C[C@H]1O[C@@H](c3cccc(Cc4ccc(CO)cc4)c3)O[C@]12C(=O)COC(=O)[C@@H](N)CC(=O)O. The van der Waals surface area contributed by atoms with Gasteiger partial charge >= 0.3 is 11.9 Å². The molecule has 3 saturated carbocycles. The molecule has 7 rings (SSSR count). The van der Waals surface area contributed by atoms with Crippen molar-refractivity contribution in [1.82, 2.24) is 0 Å². The average molecular weight is 700 g/mol. The molecule has 2 aromatic carbocycles. The molecule has 0 amide bonds. The first kappa shape index (κ1) is 35.4. The molecule has 0 bridgehead atoms. The van der Waals surface area contributed by atoms with E-state index in [9.17, 15) is 29.4 Å². The van der Waals surface area contributed by atoms with Crippen LogP contribution in [-0.2, 0) is 46.4 Å². The van der Waals surface area contributed by atoms with Crippen LogP contribution in [0.15, 0.2) is 72.3 Å². The van der Waals surface area contributed by atoms with Crippen molar-refractivity contribution in [2.24, 2.45) is 34.3 Å². The molecule has 0 aromatic heterocycles. The van der Waals surface area contributed by atoms with Gasteiger partial charge < -0.3 is 35.3 Å². The lowest BCUT2D eigenvalue weighted by Crippen LogP contribution is -2.63. The van der Waals surface area contributed by atoms with Gasteiger partial charge in [0.15, 0.2) is 24.3 Å². The zero-order valence-electron chi connectivity index (χ0n) is 28.8. The fourth-order valence-corrected chi connectivity index (χ4v) is 10.2. The third kappa shape index (κ3) is 5.89. The molecule has 11 nitrogen and oxygen atoms in total. The molecular weight excluding hydrogens is 654 g/mol. The molecule has 0 radical (unpaired) electrons. The molecule has 5 N–H and O–H groups in total. The lowest BCUT2D eigenvalue weighted by atomic mass is 9.46. The molecule has 1 saturated heterocycles. The minimum absolute atomic E-state index is 0.00762. The van der Waals surface area contributed by atoms with Crippen LogP contribution in [0.2, 0.25) is 0 Å². The highest BCUT2D eigenvalue weighted by Crippen LogP contribution is 2.70. The number of carbonyl (C=O) groups is 4. The Morgan fingerprint density at radius 3 is 2.55 bits per heavy atom. The van der Waals surface area contributed by atoms with Crippen LogP contribution in [0.3, 0.4) is 0 Å². The molecule has 1 heterocycles. The highest BCUT2D eigenvalue weighted by Gasteiger charge is 2.76. The summed E-state index contributed by atoms with van der Waals surface area (Å²) in [6.07, 6.45) is 4.84. The van der Waals surface area contributed by atoms with Crippen molar-refractivity contribution < 1.29 is 48.7 Å². The smallest absolute Gasteiger partial charge is 0.323 e. The highest BCUT2D eigenvalue weighted by atomic mass is 16.7. The van der Waals surface area contributed by atoms with Crippen LogP contribution in [-0.4, -0.2) is 69.3 Å². The van der Waals surface area contributed by atoms with Crippen LogP contribution >= 0.6 is 0 Å². The minimum atomic E-state index is -1.59. The summed E-state index contributed by atoms with van der Waals surface area (Å²) in [5.41, 5.74) is 7.34. The second-order valence-corrected chi connectivity index (χ2v) is 15.4. The van der Waals surface area contributed by atoms with Crippen molar-refractivity contribution in [2.45, 2.75) is 89.1 Å². The van der Waals surface area contributed by atoms with Crippen molar-refractivity contribution in [3.05, 3.63) is 94.6 Å². The first-order chi connectivity index (χ1) is 24.3. The number of esters is 1. The Labute approximate surface area is 296 Å². The number of aliphatic hydroxyl groups excluding tert-OH is 2. The number of rotatable bonds is 10. The Morgan fingerprint density at radius 2 is 1.82 bits per heavy atom.